The second kappa shape index (κ2) is 11.3. The van der Waals surface area contributed by atoms with Crippen LogP contribution >= 0.6 is 0 Å². The van der Waals surface area contributed by atoms with Crippen LogP contribution in [-0.4, -0.2) is 16.1 Å². The molecule has 0 fully saturated rings. The molecular formula is C35H30F3NO3. The summed E-state index contributed by atoms with van der Waals surface area (Å²) in [6.07, 6.45) is -2.49. The number of carboxylic acids is 1. The Labute approximate surface area is 242 Å². The van der Waals surface area contributed by atoms with Crippen molar-refractivity contribution in [2.75, 3.05) is 0 Å². The fraction of sp³-hybridized carbons (Fsp3) is 0.200. The molecule has 1 aromatic heterocycles. The van der Waals surface area contributed by atoms with Gasteiger partial charge < -0.3 is 9.84 Å². The lowest BCUT2D eigenvalue weighted by Gasteiger charge is -2.20. The highest BCUT2D eigenvalue weighted by molar-refractivity contribution is 5.98. The quantitative estimate of drug-likeness (QED) is 0.203. The summed E-state index contributed by atoms with van der Waals surface area (Å²) < 4.78 is 47.8. The number of carbonyl (C=O) groups is 1. The third-order valence-electron chi connectivity index (χ3n) is 7.66. The van der Waals surface area contributed by atoms with E-state index in [1.165, 1.54) is 6.07 Å². The first-order chi connectivity index (χ1) is 19.9. The smallest absolute Gasteiger partial charge is 0.418 e. The average Bonchev–Trinajstić information content (AvgIpc) is 2.96. The number of para-hydroxylation sites is 1. The number of aromatic nitrogens is 1. The first-order valence-electron chi connectivity index (χ1n) is 13.5. The number of alkyl halides is 3. The van der Waals surface area contributed by atoms with Gasteiger partial charge in [0.1, 0.15) is 12.4 Å². The Kier molecular flexibility index (Phi) is 7.78. The van der Waals surface area contributed by atoms with Gasteiger partial charge in [-0.1, -0.05) is 72.8 Å². The van der Waals surface area contributed by atoms with Gasteiger partial charge in [-0.2, -0.15) is 13.2 Å². The minimum Gasteiger partial charge on any atom is -0.489 e. The summed E-state index contributed by atoms with van der Waals surface area (Å²) in [5.74, 6) is -0.350. The minimum atomic E-state index is -4.54. The molecule has 0 saturated heterocycles. The average molecular weight is 570 g/mol. The molecule has 5 aromatic rings. The Morgan fingerprint density at radius 1 is 0.881 bits per heavy atom. The molecule has 0 bridgehead atoms. The molecule has 0 aliphatic carbocycles. The Bertz CT molecular complexity index is 1760. The maximum absolute atomic E-state index is 13.9. The summed E-state index contributed by atoms with van der Waals surface area (Å²) in [5.41, 5.74) is 4.03. The van der Waals surface area contributed by atoms with Crippen molar-refractivity contribution in [1.29, 1.82) is 0 Å². The monoisotopic (exact) mass is 569 g/mol. The molecule has 0 aliphatic rings. The zero-order valence-electron chi connectivity index (χ0n) is 23.5. The van der Waals surface area contributed by atoms with Gasteiger partial charge in [0.25, 0.3) is 0 Å². The second-order valence-electron chi connectivity index (χ2n) is 10.9. The molecule has 42 heavy (non-hydrogen) atoms. The Morgan fingerprint density at radius 2 is 1.60 bits per heavy atom. The van der Waals surface area contributed by atoms with E-state index in [9.17, 15) is 23.1 Å². The summed E-state index contributed by atoms with van der Waals surface area (Å²) in [4.78, 5) is 15.9. The number of pyridine rings is 1. The van der Waals surface area contributed by atoms with Gasteiger partial charge in [-0.25, -0.2) is 0 Å². The summed E-state index contributed by atoms with van der Waals surface area (Å²) in [7, 11) is 0. The lowest BCUT2D eigenvalue weighted by molar-refractivity contribution is -0.142. The standard InChI is InChI=1S/C35H30F3NO3/c1-22-8-4-5-9-24(22)18-26-20-39-32-29(12-7-13-30(32)35(36,37)38)31(26)25-10-6-11-28(19-25)42-21-23-14-16-27(17-15-23)34(2,3)33(40)41/h4-17,19-20H,18,21H2,1-3H3,(H,40,41). The molecule has 1 N–H and O–H groups in total. The number of hydrogen-bond donors (Lipinski definition) is 1. The predicted octanol–water partition coefficient (Wildman–Crippen LogP) is 8.76. The molecule has 214 valence electrons. The highest BCUT2D eigenvalue weighted by Crippen LogP contribution is 2.40. The van der Waals surface area contributed by atoms with Crippen LogP contribution in [0.3, 0.4) is 0 Å². The molecule has 5 rings (SSSR count). The van der Waals surface area contributed by atoms with Crippen LogP contribution in [0.1, 0.15) is 47.2 Å². The maximum atomic E-state index is 13.9. The molecule has 0 saturated carbocycles. The van der Waals surface area contributed by atoms with Crippen LogP contribution in [0, 0.1) is 6.92 Å². The zero-order valence-corrected chi connectivity index (χ0v) is 23.5. The molecule has 0 unspecified atom stereocenters. The summed E-state index contributed by atoms with van der Waals surface area (Å²) >= 11 is 0. The van der Waals surface area contributed by atoms with Gasteiger partial charge >= 0.3 is 12.1 Å². The molecule has 0 spiro atoms. The molecule has 0 aliphatic heterocycles. The van der Waals surface area contributed by atoms with Crippen LogP contribution in [0.4, 0.5) is 13.2 Å². The number of aliphatic carboxylic acids is 1. The van der Waals surface area contributed by atoms with E-state index in [0.717, 1.165) is 33.9 Å². The van der Waals surface area contributed by atoms with E-state index >= 15 is 0 Å². The first-order valence-corrected chi connectivity index (χ1v) is 13.5. The van der Waals surface area contributed by atoms with Crippen LogP contribution in [0.15, 0.2) is 97.2 Å². The molecule has 7 heteroatoms. The van der Waals surface area contributed by atoms with Crippen molar-refractivity contribution >= 4 is 16.9 Å². The van der Waals surface area contributed by atoms with Gasteiger partial charge in [0.2, 0.25) is 0 Å². The van der Waals surface area contributed by atoms with Gasteiger partial charge in [-0.3, -0.25) is 9.78 Å². The van der Waals surface area contributed by atoms with E-state index in [-0.39, 0.29) is 12.1 Å². The number of rotatable bonds is 8. The summed E-state index contributed by atoms with van der Waals surface area (Å²) in [5, 5.41) is 9.91. The lowest BCUT2D eigenvalue weighted by atomic mass is 9.84. The van der Waals surface area contributed by atoms with E-state index in [1.807, 2.05) is 61.5 Å². The van der Waals surface area contributed by atoms with Crippen molar-refractivity contribution in [3.63, 3.8) is 0 Å². The van der Waals surface area contributed by atoms with Gasteiger partial charge in [-0.05, 0) is 84.3 Å². The molecule has 0 radical (unpaired) electrons. The number of ether oxygens (including phenoxy) is 1. The normalized spacial score (nSPS) is 12.0. The van der Waals surface area contributed by atoms with Crippen LogP contribution in [-0.2, 0) is 29.4 Å². The lowest BCUT2D eigenvalue weighted by Crippen LogP contribution is -2.28. The van der Waals surface area contributed by atoms with Gasteiger partial charge in [0.05, 0.1) is 16.5 Å². The third kappa shape index (κ3) is 5.86. The van der Waals surface area contributed by atoms with Gasteiger partial charge in [-0.15, -0.1) is 0 Å². The minimum absolute atomic E-state index is 0.0933. The van der Waals surface area contributed by atoms with Crippen LogP contribution in [0.25, 0.3) is 22.0 Å². The number of halogens is 3. The van der Waals surface area contributed by atoms with Crippen molar-refractivity contribution in [2.45, 2.75) is 45.4 Å². The number of hydrogen-bond acceptors (Lipinski definition) is 3. The summed E-state index contributed by atoms with van der Waals surface area (Å²) in [6, 6.07) is 26.6. The number of nitrogens with zero attached hydrogens (tertiary/aromatic N) is 1. The van der Waals surface area contributed by atoms with Crippen molar-refractivity contribution in [1.82, 2.24) is 4.98 Å². The van der Waals surface area contributed by atoms with Crippen molar-refractivity contribution in [3.05, 3.63) is 131 Å². The second-order valence-corrected chi connectivity index (χ2v) is 10.9. The highest BCUT2D eigenvalue weighted by atomic mass is 19.4. The van der Waals surface area contributed by atoms with Gasteiger partial charge in [0, 0.05) is 11.6 Å². The van der Waals surface area contributed by atoms with Crippen LogP contribution in [0.2, 0.25) is 0 Å². The van der Waals surface area contributed by atoms with Crippen molar-refractivity contribution in [2.24, 2.45) is 0 Å². The van der Waals surface area contributed by atoms with E-state index in [1.54, 1.807) is 44.3 Å². The zero-order chi connectivity index (χ0) is 30.1. The number of aryl methyl sites for hydroxylation is 1. The molecule has 0 atom stereocenters. The molecule has 0 amide bonds. The molecule has 1 heterocycles. The first kappa shape index (κ1) is 28.9. The van der Waals surface area contributed by atoms with Crippen LogP contribution < -0.4 is 4.74 Å². The maximum Gasteiger partial charge on any atom is 0.418 e. The van der Waals surface area contributed by atoms with E-state index in [4.69, 9.17) is 4.74 Å². The fourth-order valence-corrected chi connectivity index (χ4v) is 5.03. The predicted molar refractivity (Wildman–Crippen MR) is 158 cm³/mol. The molecular weight excluding hydrogens is 539 g/mol. The Balaban J connectivity index is 1.52. The SMILES string of the molecule is Cc1ccccc1Cc1cnc2c(C(F)(F)F)cccc2c1-c1cccc(OCc2ccc(C(C)(C)C(=O)O)cc2)c1. The largest absolute Gasteiger partial charge is 0.489 e. The summed E-state index contributed by atoms with van der Waals surface area (Å²) in [6.45, 7) is 5.55. The molecule has 4 aromatic carbocycles. The number of carboxylic acid groups (broad SMARTS) is 1. The number of fused-ring (bicyclic) bond motifs is 1. The molecule has 4 nitrogen and oxygen atoms in total. The third-order valence-corrected chi connectivity index (χ3v) is 7.66. The Morgan fingerprint density at radius 3 is 2.29 bits per heavy atom. The van der Waals surface area contributed by atoms with Crippen molar-refractivity contribution < 1.29 is 27.8 Å². The Hall–Kier alpha value is -4.65. The van der Waals surface area contributed by atoms with Crippen molar-refractivity contribution in [3.8, 4) is 16.9 Å². The van der Waals surface area contributed by atoms with Gasteiger partial charge in [0.15, 0.2) is 0 Å². The van der Waals surface area contributed by atoms with Crippen LogP contribution in [0.5, 0.6) is 5.75 Å². The highest BCUT2D eigenvalue weighted by Gasteiger charge is 2.34. The fourth-order valence-electron chi connectivity index (χ4n) is 5.03. The van der Waals surface area contributed by atoms with E-state index in [0.29, 0.717) is 28.7 Å². The van der Waals surface area contributed by atoms with E-state index in [2.05, 4.69) is 4.98 Å². The number of benzene rings is 4. The topological polar surface area (TPSA) is 59.4 Å². The van der Waals surface area contributed by atoms with E-state index < -0.39 is 23.1 Å².